The molecule has 0 fully saturated rings. The van der Waals surface area contributed by atoms with Crippen LogP contribution in [0.15, 0.2) is 79.0 Å². The molecule has 180 valence electrons. The molecule has 3 rings (SSSR count). The second-order valence-electron chi connectivity index (χ2n) is 8.70. The molecule has 0 saturated carbocycles. The molecule has 0 aliphatic rings. The summed E-state index contributed by atoms with van der Waals surface area (Å²) in [4.78, 5) is 29.9. The van der Waals surface area contributed by atoms with Crippen molar-refractivity contribution in [3.63, 3.8) is 0 Å². The fourth-order valence-electron chi connectivity index (χ4n) is 3.89. The predicted molar refractivity (Wildman–Crippen MR) is 134 cm³/mol. The summed E-state index contributed by atoms with van der Waals surface area (Å²) in [7, 11) is 1.60. The standard InChI is InChI=1S/C28H35N3O3/c1-23(2)31(21-26-15-10-16-29(26)20-25-13-8-5-9-14-25)28(33)22-30(17-18-34-3)27(32)19-24-11-6-4-7-12-24/h4-16,23H,17-22H2,1-3H3. The molecule has 0 aliphatic carbocycles. The highest BCUT2D eigenvalue weighted by molar-refractivity contribution is 5.86. The van der Waals surface area contributed by atoms with Crippen LogP contribution in [-0.2, 0) is 33.8 Å². The smallest absolute Gasteiger partial charge is 0.242 e. The van der Waals surface area contributed by atoms with Crippen LogP contribution in [0.2, 0.25) is 0 Å². The molecule has 0 radical (unpaired) electrons. The number of rotatable bonds is 12. The van der Waals surface area contributed by atoms with Crippen molar-refractivity contribution in [3.05, 3.63) is 95.8 Å². The summed E-state index contributed by atoms with van der Waals surface area (Å²) < 4.78 is 7.37. The van der Waals surface area contributed by atoms with E-state index in [1.54, 1.807) is 12.0 Å². The average molecular weight is 462 g/mol. The van der Waals surface area contributed by atoms with Gasteiger partial charge >= 0.3 is 0 Å². The van der Waals surface area contributed by atoms with Crippen molar-refractivity contribution < 1.29 is 14.3 Å². The summed E-state index contributed by atoms with van der Waals surface area (Å²) in [6.45, 7) is 6.05. The highest BCUT2D eigenvalue weighted by Gasteiger charge is 2.24. The maximum absolute atomic E-state index is 13.4. The second-order valence-corrected chi connectivity index (χ2v) is 8.70. The third-order valence-corrected chi connectivity index (χ3v) is 5.84. The van der Waals surface area contributed by atoms with Gasteiger partial charge in [0.15, 0.2) is 0 Å². The zero-order chi connectivity index (χ0) is 24.3. The molecule has 0 atom stereocenters. The zero-order valence-electron chi connectivity index (χ0n) is 20.4. The number of ether oxygens (including phenoxy) is 1. The lowest BCUT2D eigenvalue weighted by molar-refractivity contribution is -0.142. The van der Waals surface area contributed by atoms with Gasteiger partial charge in [-0.1, -0.05) is 60.7 Å². The van der Waals surface area contributed by atoms with Gasteiger partial charge in [-0.05, 0) is 37.1 Å². The Morgan fingerprint density at radius 3 is 2.15 bits per heavy atom. The molecule has 0 unspecified atom stereocenters. The number of carbonyl (C=O) groups excluding carboxylic acids is 2. The molecule has 0 N–H and O–H groups in total. The summed E-state index contributed by atoms with van der Waals surface area (Å²) in [5.74, 6) is -0.146. The molecular formula is C28H35N3O3. The summed E-state index contributed by atoms with van der Waals surface area (Å²) in [5, 5.41) is 0. The molecule has 34 heavy (non-hydrogen) atoms. The average Bonchev–Trinajstić information content (AvgIpc) is 3.27. The Hall–Kier alpha value is -3.38. The minimum absolute atomic E-state index is 0.000996. The van der Waals surface area contributed by atoms with E-state index >= 15 is 0 Å². The van der Waals surface area contributed by atoms with Gasteiger partial charge in [-0.2, -0.15) is 0 Å². The topological polar surface area (TPSA) is 54.8 Å². The van der Waals surface area contributed by atoms with Crippen molar-refractivity contribution in [2.75, 3.05) is 26.8 Å². The Bertz CT molecular complexity index is 1030. The third kappa shape index (κ3) is 7.32. The van der Waals surface area contributed by atoms with E-state index in [-0.39, 0.29) is 30.8 Å². The second kappa shape index (κ2) is 12.8. The maximum Gasteiger partial charge on any atom is 0.242 e. The van der Waals surface area contributed by atoms with Gasteiger partial charge in [0.1, 0.15) is 0 Å². The SMILES string of the molecule is COCCN(CC(=O)N(Cc1cccn1Cc1ccccc1)C(C)C)C(=O)Cc1ccccc1. The van der Waals surface area contributed by atoms with E-state index in [2.05, 4.69) is 22.8 Å². The van der Waals surface area contributed by atoms with E-state index in [9.17, 15) is 9.59 Å². The van der Waals surface area contributed by atoms with Gasteiger partial charge in [0, 0.05) is 38.1 Å². The van der Waals surface area contributed by atoms with Gasteiger partial charge in [0.25, 0.3) is 0 Å². The lowest BCUT2D eigenvalue weighted by Gasteiger charge is -2.31. The van der Waals surface area contributed by atoms with Crippen LogP contribution in [0.3, 0.4) is 0 Å². The van der Waals surface area contributed by atoms with Gasteiger partial charge in [-0.3, -0.25) is 9.59 Å². The van der Waals surface area contributed by atoms with Crippen molar-refractivity contribution in [3.8, 4) is 0 Å². The number of nitrogens with zero attached hydrogens (tertiary/aromatic N) is 3. The van der Waals surface area contributed by atoms with E-state index in [0.29, 0.717) is 19.7 Å². The van der Waals surface area contributed by atoms with E-state index in [4.69, 9.17) is 4.74 Å². The molecule has 2 amide bonds. The van der Waals surface area contributed by atoms with Crippen LogP contribution in [0, 0.1) is 0 Å². The number of methoxy groups -OCH3 is 1. The van der Waals surface area contributed by atoms with E-state index in [0.717, 1.165) is 17.8 Å². The van der Waals surface area contributed by atoms with Gasteiger partial charge < -0.3 is 19.1 Å². The largest absolute Gasteiger partial charge is 0.383 e. The highest BCUT2D eigenvalue weighted by Crippen LogP contribution is 2.14. The molecule has 3 aromatic rings. The summed E-state index contributed by atoms with van der Waals surface area (Å²) in [6, 6.07) is 23.9. The van der Waals surface area contributed by atoms with Gasteiger partial charge in [0.05, 0.1) is 26.1 Å². The third-order valence-electron chi connectivity index (χ3n) is 5.84. The summed E-state index contributed by atoms with van der Waals surface area (Å²) in [6.07, 6.45) is 2.30. The molecule has 0 saturated heterocycles. The molecule has 6 nitrogen and oxygen atoms in total. The molecule has 1 aromatic heterocycles. The normalized spacial score (nSPS) is 10.9. The Kier molecular flexibility index (Phi) is 9.47. The van der Waals surface area contributed by atoms with Crippen LogP contribution in [0.5, 0.6) is 0 Å². The van der Waals surface area contributed by atoms with Crippen molar-refractivity contribution in [2.24, 2.45) is 0 Å². The van der Waals surface area contributed by atoms with Crippen molar-refractivity contribution in [1.29, 1.82) is 0 Å². The Labute approximate surface area is 202 Å². The van der Waals surface area contributed by atoms with Crippen LogP contribution in [-0.4, -0.2) is 59.0 Å². The Balaban J connectivity index is 1.70. The number of hydrogen-bond acceptors (Lipinski definition) is 3. The molecule has 0 spiro atoms. The van der Waals surface area contributed by atoms with Crippen molar-refractivity contribution >= 4 is 11.8 Å². The van der Waals surface area contributed by atoms with Crippen molar-refractivity contribution in [2.45, 2.75) is 39.4 Å². The van der Waals surface area contributed by atoms with E-state index < -0.39 is 0 Å². The first-order valence-corrected chi connectivity index (χ1v) is 11.8. The van der Waals surface area contributed by atoms with Crippen LogP contribution < -0.4 is 0 Å². The number of hydrogen-bond donors (Lipinski definition) is 0. The summed E-state index contributed by atoms with van der Waals surface area (Å²) >= 11 is 0. The van der Waals surface area contributed by atoms with Crippen LogP contribution in [0.4, 0.5) is 0 Å². The van der Waals surface area contributed by atoms with Crippen LogP contribution in [0.25, 0.3) is 0 Å². The fourth-order valence-corrected chi connectivity index (χ4v) is 3.89. The summed E-state index contributed by atoms with van der Waals surface area (Å²) in [5.41, 5.74) is 3.20. The van der Waals surface area contributed by atoms with Crippen molar-refractivity contribution in [1.82, 2.24) is 14.4 Å². The molecule has 2 aromatic carbocycles. The first kappa shape index (κ1) is 25.2. The minimum Gasteiger partial charge on any atom is -0.383 e. The Morgan fingerprint density at radius 1 is 0.882 bits per heavy atom. The molecule has 6 heteroatoms. The van der Waals surface area contributed by atoms with Crippen LogP contribution in [0.1, 0.15) is 30.7 Å². The number of aromatic nitrogens is 1. The first-order valence-electron chi connectivity index (χ1n) is 11.8. The predicted octanol–water partition coefficient (Wildman–Crippen LogP) is 3.99. The monoisotopic (exact) mass is 461 g/mol. The fraction of sp³-hybridized carbons (Fsp3) is 0.357. The van der Waals surface area contributed by atoms with Gasteiger partial charge in [0.2, 0.25) is 11.8 Å². The number of amides is 2. The lowest BCUT2D eigenvalue weighted by Crippen LogP contribution is -2.46. The van der Waals surface area contributed by atoms with Gasteiger partial charge in [-0.25, -0.2) is 0 Å². The van der Waals surface area contributed by atoms with E-state index in [1.165, 1.54) is 5.56 Å². The first-order chi connectivity index (χ1) is 16.5. The van der Waals surface area contributed by atoms with E-state index in [1.807, 2.05) is 79.5 Å². The lowest BCUT2D eigenvalue weighted by atomic mass is 10.1. The number of benzene rings is 2. The molecule has 1 heterocycles. The van der Waals surface area contributed by atoms with Gasteiger partial charge in [-0.15, -0.1) is 0 Å². The highest BCUT2D eigenvalue weighted by atomic mass is 16.5. The zero-order valence-corrected chi connectivity index (χ0v) is 20.4. The maximum atomic E-state index is 13.4. The van der Waals surface area contributed by atoms with Crippen LogP contribution >= 0.6 is 0 Å². The quantitative estimate of drug-likeness (QED) is 0.410. The Morgan fingerprint density at radius 2 is 1.53 bits per heavy atom. The molecule has 0 bridgehead atoms. The number of carbonyl (C=O) groups is 2. The minimum atomic E-state index is -0.0761. The molecule has 0 aliphatic heterocycles. The molecular weight excluding hydrogens is 426 g/mol.